The van der Waals surface area contributed by atoms with Crippen LogP contribution in [0.25, 0.3) is 11.3 Å². The number of aryl methyl sites for hydroxylation is 2. The molecule has 2 aromatic heterocycles. The van der Waals surface area contributed by atoms with Crippen LogP contribution in [0.3, 0.4) is 0 Å². The van der Waals surface area contributed by atoms with Gasteiger partial charge in [0, 0.05) is 30.9 Å². The number of rotatable bonds is 6. The first-order valence-corrected chi connectivity index (χ1v) is 7.66. The van der Waals surface area contributed by atoms with Crippen molar-refractivity contribution in [1.29, 1.82) is 0 Å². The topological polar surface area (TPSA) is 39.9 Å². The molecule has 0 N–H and O–H groups in total. The molecule has 0 aliphatic carbocycles. The Morgan fingerprint density at radius 3 is 2.48 bits per heavy atom. The summed E-state index contributed by atoms with van der Waals surface area (Å²) in [6.07, 6.45) is -1.98. The van der Waals surface area contributed by atoms with E-state index in [1.807, 2.05) is 6.92 Å². The summed E-state index contributed by atoms with van der Waals surface area (Å²) in [5.41, 5.74) is 1.56. The molecule has 2 rings (SSSR count). The summed E-state index contributed by atoms with van der Waals surface area (Å²) in [6.45, 7) is 1.98. The smallest absolute Gasteiger partial charge is 0.391 e. The normalized spacial score (nSPS) is 13.3. The molecule has 2 aromatic rings. The molecule has 0 spiro atoms. The average molecular weight is 363 g/mol. The van der Waals surface area contributed by atoms with Crippen LogP contribution in [0.15, 0.2) is 18.5 Å². The van der Waals surface area contributed by atoms with Crippen molar-refractivity contribution < 1.29 is 26.7 Å². The molecule has 1 atom stereocenters. The SMILES string of the molecule is CCn1ncc(C)c1-c1cnc(C[C@H](C)C(F)(F)F)cc1OC(F)F. The first-order valence-electron chi connectivity index (χ1n) is 7.66. The molecule has 0 aromatic carbocycles. The summed E-state index contributed by atoms with van der Waals surface area (Å²) in [6, 6.07) is 1.14. The molecule has 0 aliphatic heterocycles. The van der Waals surface area contributed by atoms with Gasteiger partial charge in [-0.15, -0.1) is 0 Å². The Morgan fingerprint density at radius 1 is 1.24 bits per heavy atom. The van der Waals surface area contributed by atoms with Crippen molar-refractivity contribution >= 4 is 0 Å². The van der Waals surface area contributed by atoms with E-state index < -0.39 is 25.1 Å². The molecule has 0 amide bonds. The zero-order chi connectivity index (χ0) is 18.8. The maximum atomic E-state index is 12.8. The van der Waals surface area contributed by atoms with Crippen LogP contribution in [-0.2, 0) is 13.0 Å². The van der Waals surface area contributed by atoms with Crippen LogP contribution in [0.5, 0.6) is 5.75 Å². The van der Waals surface area contributed by atoms with Gasteiger partial charge in [0.1, 0.15) is 5.75 Å². The van der Waals surface area contributed by atoms with Crippen molar-refractivity contribution in [3.05, 3.63) is 29.7 Å². The maximum Gasteiger partial charge on any atom is 0.391 e. The lowest BCUT2D eigenvalue weighted by atomic mass is 10.0. The molecule has 0 saturated heterocycles. The summed E-state index contributed by atoms with van der Waals surface area (Å²) in [7, 11) is 0. The van der Waals surface area contributed by atoms with E-state index in [1.54, 1.807) is 17.8 Å². The van der Waals surface area contributed by atoms with Gasteiger partial charge in [0.05, 0.1) is 23.4 Å². The lowest BCUT2D eigenvalue weighted by molar-refractivity contribution is -0.169. The number of pyridine rings is 1. The number of halogens is 5. The van der Waals surface area contributed by atoms with Crippen LogP contribution in [-0.4, -0.2) is 27.6 Å². The highest BCUT2D eigenvalue weighted by Crippen LogP contribution is 2.35. The largest absolute Gasteiger partial charge is 0.434 e. The van der Waals surface area contributed by atoms with Gasteiger partial charge in [0.2, 0.25) is 0 Å². The van der Waals surface area contributed by atoms with E-state index in [0.717, 1.165) is 18.6 Å². The third kappa shape index (κ3) is 4.46. The van der Waals surface area contributed by atoms with Gasteiger partial charge in [0.25, 0.3) is 0 Å². The predicted molar refractivity (Wildman–Crippen MR) is 81.4 cm³/mol. The number of hydrogen-bond donors (Lipinski definition) is 0. The second-order valence-electron chi connectivity index (χ2n) is 5.69. The van der Waals surface area contributed by atoms with Crippen LogP contribution in [0.2, 0.25) is 0 Å². The third-order valence-corrected chi connectivity index (χ3v) is 3.79. The Balaban J connectivity index is 2.46. The van der Waals surface area contributed by atoms with E-state index in [4.69, 9.17) is 0 Å². The Bertz CT molecular complexity index is 727. The van der Waals surface area contributed by atoms with Gasteiger partial charge >= 0.3 is 12.8 Å². The number of hydrogen-bond acceptors (Lipinski definition) is 3. The fourth-order valence-electron chi connectivity index (χ4n) is 2.46. The van der Waals surface area contributed by atoms with Gasteiger partial charge in [0.15, 0.2) is 0 Å². The lowest BCUT2D eigenvalue weighted by Crippen LogP contribution is -2.22. The average Bonchev–Trinajstić information content (AvgIpc) is 2.87. The van der Waals surface area contributed by atoms with Crippen LogP contribution in [0, 0.1) is 12.8 Å². The van der Waals surface area contributed by atoms with Crippen LogP contribution >= 0.6 is 0 Å². The molecule has 0 bridgehead atoms. The summed E-state index contributed by atoms with van der Waals surface area (Å²) in [5, 5.41) is 4.13. The fraction of sp³-hybridized carbons (Fsp3) is 0.500. The number of alkyl halides is 5. The number of nitrogens with zero attached hydrogens (tertiary/aromatic N) is 3. The molecule has 138 valence electrons. The second kappa shape index (κ2) is 7.37. The predicted octanol–water partition coefficient (Wildman–Crippen LogP) is 4.62. The molecule has 25 heavy (non-hydrogen) atoms. The van der Waals surface area contributed by atoms with Crippen molar-refractivity contribution in [2.75, 3.05) is 0 Å². The minimum atomic E-state index is -4.39. The van der Waals surface area contributed by atoms with Gasteiger partial charge in [-0.1, -0.05) is 6.92 Å². The number of aromatic nitrogens is 3. The molecule has 9 heteroatoms. The fourth-order valence-corrected chi connectivity index (χ4v) is 2.46. The highest BCUT2D eigenvalue weighted by Gasteiger charge is 2.36. The quantitative estimate of drug-likeness (QED) is 0.704. The standard InChI is InChI=1S/C16H18F5N3O/c1-4-24-14(9(2)7-23-24)12-8-22-11(5-10(3)16(19,20)21)6-13(12)25-15(17)18/h6-8,10,15H,4-5H2,1-3H3/t10-/m0/s1. The second-order valence-corrected chi connectivity index (χ2v) is 5.69. The van der Waals surface area contributed by atoms with Crippen molar-refractivity contribution in [3.63, 3.8) is 0 Å². The molecule has 0 fully saturated rings. The van der Waals surface area contributed by atoms with E-state index in [9.17, 15) is 22.0 Å². The summed E-state index contributed by atoms with van der Waals surface area (Å²) >= 11 is 0. The zero-order valence-electron chi connectivity index (χ0n) is 13.9. The summed E-state index contributed by atoms with van der Waals surface area (Å²) in [5.74, 6) is -1.86. The Hall–Kier alpha value is -2.19. The highest BCUT2D eigenvalue weighted by atomic mass is 19.4. The van der Waals surface area contributed by atoms with Gasteiger partial charge in [-0.2, -0.15) is 27.1 Å². The third-order valence-electron chi connectivity index (χ3n) is 3.79. The van der Waals surface area contributed by atoms with Gasteiger partial charge in [-0.3, -0.25) is 9.67 Å². The Labute approximate surface area is 141 Å². The van der Waals surface area contributed by atoms with Gasteiger partial charge in [-0.05, 0) is 19.4 Å². The zero-order valence-corrected chi connectivity index (χ0v) is 13.9. The summed E-state index contributed by atoms with van der Waals surface area (Å²) < 4.78 is 69.8. The molecule has 0 aliphatic rings. The minimum absolute atomic E-state index is 0.0319. The lowest BCUT2D eigenvalue weighted by Gasteiger charge is -2.17. The maximum absolute atomic E-state index is 12.8. The van der Waals surface area contributed by atoms with E-state index in [-0.39, 0.29) is 17.0 Å². The van der Waals surface area contributed by atoms with E-state index >= 15 is 0 Å². The van der Waals surface area contributed by atoms with E-state index in [1.165, 1.54) is 6.20 Å². The van der Waals surface area contributed by atoms with Crippen LogP contribution < -0.4 is 4.74 Å². The van der Waals surface area contributed by atoms with Crippen LogP contribution in [0.1, 0.15) is 25.1 Å². The summed E-state index contributed by atoms with van der Waals surface area (Å²) in [4.78, 5) is 4.01. The van der Waals surface area contributed by atoms with Crippen molar-refractivity contribution in [2.45, 2.75) is 46.5 Å². The van der Waals surface area contributed by atoms with Crippen LogP contribution in [0.4, 0.5) is 22.0 Å². The Kier molecular flexibility index (Phi) is 5.64. The molecule has 0 radical (unpaired) electrons. The highest BCUT2D eigenvalue weighted by molar-refractivity contribution is 5.69. The van der Waals surface area contributed by atoms with Crippen molar-refractivity contribution in [2.24, 2.45) is 5.92 Å². The minimum Gasteiger partial charge on any atom is -0.434 e. The van der Waals surface area contributed by atoms with E-state index in [0.29, 0.717) is 12.2 Å². The van der Waals surface area contributed by atoms with Crippen molar-refractivity contribution in [3.8, 4) is 17.0 Å². The van der Waals surface area contributed by atoms with Gasteiger partial charge < -0.3 is 4.74 Å². The monoisotopic (exact) mass is 363 g/mol. The molecule has 2 heterocycles. The first-order chi connectivity index (χ1) is 11.6. The molecule has 4 nitrogen and oxygen atoms in total. The van der Waals surface area contributed by atoms with Gasteiger partial charge in [-0.25, -0.2) is 0 Å². The molecular weight excluding hydrogens is 345 g/mol. The van der Waals surface area contributed by atoms with Crippen molar-refractivity contribution in [1.82, 2.24) is 14.8 Å². The number of ether oxygens (including phenoxy) is 1. The molecular formula is C16H18F5N3O. The molecule has 0 unspecified atom stereocenters. The Morgan fingerprint density at radius 2 is 1.92 bits per heavy atom. The first kappa shape index (κ1) is 19.1. The molecule has 0 saturated carbocycles. The van der Waals surface area contributed by atoms with E-state index in [2.05, 4.69) is 14.8 Å².